The number of imide groups is 1. The Morgan fingerprint density at radius 3 is 2.89 bits per heavy atom. The van der Waals surface area contributed by atoms with Crippen LogP contribution in [-0.4, -0.2) is 46.0 Å². The van der Waals surface area contributed by atoms with E-state index in [1.807, 2.05) is 6.07 Å². The molecule has 0 spiro atoms. The van der Waals surface area contributed by atoms with Gasteiger partial charge in [0.05, 0.1) is 28.8 Å². The third-order valence-corrected chi connectivity index (χ3v) is 5.55. The first-order valence-corrected chi connectivity index (χ1v) is 10.2. The van der Waals surface area contributed by atoms with E-state index in [1.54, 1.807) is 36.6 Å². The van der Waals surface area contributed by atoms with Gasteiger partial charge in [-0.2, -0.15) is 0 Å². The average molecular weight is 404 g/mol. The van der Waals surface area contributed by atoms with Crippen LogP contribution in [0.15, 0.2) is 34.2 Å². The van der Waals surface area contributed by atoms with Gasteiger partial charge in [-0.1, -0.05) is 23.9 Å². The van der Waals surface area contributed by atoms with Crippen molar-refractivity contribution >= 4 is 34.6 Å². The minimum Gasteiger partial charge on any atom is -0.376 e. The summed E-state index contributed by atoms with van der Waals surface area (Å²) in [6.07, 6.45) is 1.81. The lowest BCUT2D eigenvalue weighted by atomic mass is 10.2. The second-order valence-electron chi connectivity index (χ2n) is 6.57. The number of hydrogen-bond donors (Lipinski definition) is 2. The van der Waals surface area contributed by atoms with Crippen LogP contribution in [0.25, 0.3) is 10.9 Å². The maximum atomic E-state index is 13.0. The van der Waals surface area contributed by atoms with Crippen molar-refractivity contribution in [1.82, 2.24) is 20.2 Å². The summed E-state index contributed by atoms with van der Waals surface area (Å²) >= 11 is 1.16. The van der Waals surface area contributed by atoms with Gasteiger partial charge in [0.15, 0.2) is 5.16 Å². The van der Waals surface area contributed by atoms with Crippen LogP contribution >= 0.6 is 11.8 Å². The first-order chi connectivity index (χ1) is 13.5. The van der Waals surface area contributed by atoms with Crippen molar-refractivity contribution in [2.45, 2.75) is 49.7 Å². The molecular formula is C19H24N4O4S. The van der Waals surface area contributed by atoms with Gasteiger partial charge in [-0.15, -0.1) is 0 Å². The molecule has 3 amide bonds. The van der Waals surface area contributed by atoms with Gasteiger partial charge in [-0.25, -0.2) is 9.78 Å². The molecule has 1 aromatic heterocycles. The fourth-order valence-electron chi connectivity index (χ4n) is 3.02. The molecule has 0 radical (unpaired) electrons. The van der Waals surface area contributed by atoms with Crippen molar-refractivity contribution in [1.29, 1.82) is 0 Å². The lowest BCUT2D eigenvalue weighted by Gasteiger charge is -2.18. The molecule has 2 aromatic rings. The van der Waals surface area contributed by atoms with Gasteiger partial charge in [-0.3, -0.25) is 19.5 Å². The van der Waals surface area contributed by atoms with E-state index >= 15 is 0 Å². The fourth-order valence-corrected chi connectivity index (χ4v) is 3.94. The number of aromatic nitrogens is 2. The highest BCUT2D eigenvalue weighted by Crippen LogP contribution is 2.24. The zero-order valence-electron chi connectivity index (χ0n) is 15.9. The highest BCUT2D eigenvalue weighted by atomic mass is 32.2. The zero-order chi connectivity index (χ0) is 20.1. The number of hydrogen-bond acceptors (Lipinski definition) is 6. The maximum absolute atomic E-state index is 13.0. The maximum Gasteiger partial charge on any atom is 0.321 e. The molecule has 9 heteroatoms. The second-order valence-corrected chi connectivity index (χ2v) is 7.88. The van der Waals surface area contributed by atoms with Gasteiger partial charge in [0, 0.05) is 13.2 Å². The monoisotopic (exact) mass is 404 g/mol. The predicted molar refractivity (Wildman–Crippen MR) is 108 cm³/mol. The second kappa shape index (κ2) is 9.20. The van der Waals surface area contributed by atoms with Gasteiger partial charge in [0.2, 0.25) is 5.91 Å². The van der Waals surface area contributed by atoms with Gasteiger partial charge in [-0.05, 0) is 38.8 Å². The Labute approximate surface area is 167 Å². The third kappa shape index (κ3) is 4.71. The molecule has 1 aliphatic rings. The van der Waals surface area contributed by atoms with Crippen molar-refractivity contribution in [3.8, 4) is 0 Å². The Balaban J connectivity index is 1.88. The third-order valence-electron chi connectivity index (χ3n) is 4.46. The minimum atomic E-state index is -0.605. The van der Waals surface area contributed by atoms with Crippen molar-refractivity contribution in [3.05, 3.63) is 34.6 Å². The van der Waals surface area contributed by atoms with Crippen LogP contribution in [0, 0.1) is 0 Å². The number of carbonyl (C=O) groups is 2. The summed E-state index contributed by atoms with van der Waals surface area (Å²) in [6.45, 7) is 4.95. The van der Waals surface area contributed by atoms with Crippen LogP contribution in [0.3, 0.4) is 0 Å². The summed E-state index contributed by atoms with van der Waals surface area (Å²) in [4.78, 5) is 41.5. The number of urea groups is 1. The summed E-state index contributed by atoms with van der Waals surface area (Å²) in [7, 11) is 0. The number of carbonyl (C=O) groups excluding carboxylic acids is 2. The first kappa shape index (κ1) is 20.3. The minimum absolute atomic E-state index is 0.0422. The Bertz CT molecular complexity index is 924. The molecule has 2 atom stereocenters. The van der Waals surface area contributed by atoms with E-state index in [2.05, 4.69) is 15.6 Å². The number of benzene rings is 1. The van der Waals surface area contributed by atoms with Gasteiger partial charge < -0.3 is 10.1 Å². The number of thioether (sulfide) groups is 1. The van der Waals surface area contributed by atoms with E-state index in [4.69, 9.17) is 4.74 Å². The molecule has 8 nitrogen and oxygen atoms in total. The smallest absolute Gasteiger partial charge is 0.321 e. The molecule has 2 heterocycles. The Hall–Kier alpha value is -2.39. The Morgan fingerprint density at radius 2 is 2.18 bits per heavy atom. The highest BCUT2D eigenvalue weighted by molar-refractivity contribution is 8.00. The van der Waals surface area contributed by atoms with Gasteiger partial charge in [0.1, 0.15) is 0 Å². The number of ether oxygens (including phenoxy) is 1. The lowest BCUT2D eigenvalue weighted by Crippen LogP contribution is -2.42. The molecule has 1 fully saturated rings. The summed E-state index contributed by atoms with van der Waals surface area (Å²) in [6, 6.07) is 6.60. The largest absolute Gasteiger partial charge is 0.376 e. The zero-order valence-corrected chi connectivity index (χ0v) is 16.8. The average Bonchev–Trinajstić information content (AvgIpc) is 3.18. The number of nitrogens with zero attached hydrogens (tertiary/aromatic N) is 2. The molecule has 0 bridgehead atoms. The summed E-state index contributed by atoms with van der Waals surface area (Å²) in [5, 5.41) is 5.19. The van der Waals surface area contributed by atoms with E-state index in [1.165, 1.54) is 0 Å². The molecule has 28 heavy (non-hydrogen) atoms. The van der Waals surface area contributed by atoms with Crippen molar-refractivity contribution in [3.63, 3.8) is 0 Å². The van der Waals surface area contributed by atoms with Gasteiger partial charge in [0.25, 0.3) is 5.56 Å². The number of amides is 3. The highest BCUT2D eigenvalue weighted by Gasteiger charge is 2.23. The van der Waals surface area contributed by atoms with E-state index in [-0.39, 0.29) is 11.7 Å². The topological polar surface area (TPSA) is 102 Å². The van der Waals surface area contributed by atoms with Crippen molar-refractivity contribution < 1.29 is 14.3 Å². The fraction of sp³-hybridized carbons (Fsp3) is 0.474. The van der Waals surface area contributed by atoms with Crippen LogP contribution in [-0.2, 0) is 16.1 Å². The molecule has 1 aliphatic heterocycles. The molecule has 1 saturated heterocycles. The van der Waals surface area contributed by atoms with Gasteiger partial charge >= 0.3 is 6.03 Å². The van der Waals surface area contributed by atoms with E-state index in [9.17, 15) is 14.4 Å². The SMILES string of the molecule is CCNC(=O)NC(=O)[C@H](C)Sc1nc2ccccc2c(=O)n1C[C@@H]1CCCO1. The Kier molecular flexibility index (Phi) is 6.69. The predicted octanol–water partition coefficient (Wildman–Crippen LogP) is 1.90. The number of para-hydroxylation sites is 1. The number of fused-ring (bicyclic) bond motifs is 1. The van der Waals surface area contributed by atoms with E-state index in [0.29, 0.717) is 35.8 Å². The molecule has 0 saturated carbocycles. The molecule has 2 N–H and O–H groups in total. The molecule has 3 rings (SSSR count). The van der Waals surface area contributed by atoms with Crippen molar-refractivity contribution in [2.24, 2.45) is 0 Å². The molecule has 0 unspecified atom stereocenters. The molecular weight excluding hydrogens is 380 g/mol. The lowest BCUT2D eigenvalue weighted by molar-refractivity contribution is -0.119. The van der Waals surface area contributed by atoms with E-state index in [0.717, 1.165) is 24.6 Å². The van der Waals surface area contributed by atoms with Crippen LogP contribution in [0.2, 0.25) is 0 Å². The molecule has 0 aliphatic carbocycles. The van der Waals surface area contributed by atoms with Crippen LogP contribution in [0.5, 0.6) is 0 Å². The van der Waals surface area contributed by atoms with Crippen LogP contribution in [0.4, 0.5) is 4.79 Å². The molecule has 150 valence electrons. The number of rotatable bonds is 6. The van der Waals surface area contributed by atoms with Crippen molar-refractivity contribution in [2.75, 3.05) is 13.2 Å². The summed E-state index contributed by atoms with van der Waals surface area (Å²) < 4.78 is 7.26. The normalized spacial score (nSPS) is 17.4. The first-order valence-electron chi connectivity index (χ1n) is 9.36. The summed E-state index contributed by atoms with van der Waals surface area (Å²) in [5.41, 5.74) is 0.426. The summed E-state index contributed by atoms with van der Waals surface area (Å²) in [5.74, 6) is -0.443. The number of nitrogens with one attached hydrogen (secondary N) is 2. The standard InChI is InChI=1S/C19H24N4O4S/c1-3-20-18(26)22-16(24)12(2)28-19-21-15-9-5-4-8-14(15)17(25)23(19)11-13-7-6-10-27-13/h4-5,8-9,12-13H,3,6-7,10-11H2,1-2H3,(H2,20,22,24,26)/t12-,13-/m0/s1. The quantitative estimate of drug-likeness (QED) is 0.563. The van der Waals surface area contributed by atoms with Crippen LogP contribution in [0.1, 0.15) is 26.7 Å². The Morgan fingerprint density at radius 1 is 1.39 bits per heavy atom. The van der Waals surface area contributed by atoms with Crippen LogP contribution < -0.4 is 16.2 Å². The van der Waals surface area contributed by atoms with E-state index < -0.39 is 17.2 Å². The molecule has 1 aromatic carbocycles.